The van der Waals surface area contributed by atoms with E-state index < -0.39 is 0 Å². The number of halogens is 1. The summed E-state index contributed by atoms with van der Waals surface area (Å²) in [7, 11) is 0. The Morgan fingerprint density at radius 3 is 2.08 bits per heavy atom. The average Bonchev–Trinajstić information content (AvgIpc) is 2.49. The van der Waals surface area contributed by atoms with Crippen molar-refractivity contribution in [1.29, 1.82) is 0 Å². The van der Waals surface area contributed by atoms with Crippen molar-refractivity contribution < 1.29 is 9.59 Å². The van der Waals surface area contributed by atoms with Crippen molar-refractivity contribution >= 4 is 34.8 Å². The van der Waals surface area contributed by atoms with Gasteiger partial charge in [0.2, 0.25) is 5.91 Å². The van der Waals surface area contributed by atoms with Crippen LogP contribution >= 0.6 is 11.6 Å². The third kappa shape index (κ3) is 4.59. The highest BCUT2D eigenvalue weighted by molar-refractivity contribution is 6.34. The number of rotatable bonds is 3. The molecule has 0 saturated heterocycles. The van der Waals surface area contributed by atoms with E-state index in [1.54, 1.807) is 18.2 Å². The fraction of sp³-hybridized carbons (Fsp3) is 0.263. The van der Waals surface area contributed by atoms with Crippen LogP contribution in [0.5, 0.6) is 0 Å². The Bertz CT molecular complexity index is 762. The van der Waals surface area contributed by atoms with Crippen molar-refractivity contribution in [3.05, 3.63) is 58.6 Å². The number of hydrogen-bond donors (Lipinski definition) is 2. The fourth-order valence-corrected chi connectivity index (χ4v) is 2.44. The summed E-state index contributed by atoms with van der Waals surface area (Å²) in [5, 5.41) is 5.79. The van der Waals surface area contributed by atoms with E-state index in [1.807, 2.05) is 24.3 Å². The lowest BCUT2D eigenvalue weighted by Crippen LogP contribution is -2.14. The molecule has 2 aromatic carbocycles. The first-order valence-corrected chi connectivity index (χ1v) is 8.03. The van der Waals surface area contributed by atoms with Gasteiger partial charge < -0.3 is 10.6 Å². The molecule has 0 aromatic heterocycles. The van der Waals surface area contributed by atoms with Crippen LogP contribution in [0.1, 0.15) is 43.6 Å². The lowest BCUT2D eigenvalue weighted by atomic mass is 9.87. The number of benzene rings is 2. The Balaban J connectivity index is 2.12. The van der Waals surface area contributed by atoms with Gasteiger partial charge in [-0.25, -0.2) is 0 Å². The molecule has 0 aliphatic carbocycles. The molecule has 4 nitrogen and oxygen atoms in total. The summed E-state index contributed by atoms with van der Waals surface area (Å²) in [6.07, 6.45) is 0. The molecule has 2 N–H and O–H groups in total. The van der Waals surface area contributed by atoms with Crippen LogP contribution < -0.4 is 10.6 Å². The lowest BCUT2D eigenvalue weighted by Gasteiger charge is -2.19. The molecule has 2 aromatic rings. The van der Waals surface area contributed by atoms with Gasteiger partial charge in [0, 0.05) is 18.2 Å². The molecule has 0 bridgehead atoms. The highest BCUT2D eigenvalue weighted by Crippen LogP contribution is 2.26. The summed E-state index contributed by atoms with van der Waals surface area (Å²) in [5.74, 6) is -0.411. The van der Waals surface area contributed by atoms with E-state index in [0.29, 0.717) is 22.0 Å². The quantitative estimate of drug-likeness (QED) is 0.836. The van der Waals surface area contributed by atoms with E-state index in [0.717, 1.165) is 0 Å². The molecule has 2 amide bonds. The third-order valence-electron chi connectivity index (χ3n) is 3.55. The molecule has 126 valence electrons. The van der Waals surface area contributed by atoms with E-state index >= 15 is 0 Å². The van der Waals surface area contributed by atoms with Gasteiger partial charge in [-0.15, -0.1) is 0 Å². The molecular formula is C19H21ClN2O2. The molecule has 0 aliphatic heterocycles. The van der Waals surface area contributed by atoms with Gasteiger partial charge in [0.1, 0.15) is 0 Å². The van der Waals surface area contributed by atoms with Crippen molar-refractivity contribution in [2.45, 2.75) is 33.1 Å². The first kappa shape index (κ1) is 18.0. The summed E-state index contributed by atoms with van der Waals surface area (Å²) in [4.78, 5) is 23.4. The van der Waals surface area contributed by atoms with Crippen molar-refractivity contribution in [2.24, 2.45) is 0 Å². The van der Waals surface area contributed by atoms with Crippen LogP contribution in [0.3, 0.4) is 0 Å². The number of carbonyl (C=O) groups excluding carboxylic acids is 2. The third-order valence-corrected chi connectivity index (χ3v) is 3.86. The molecule has 0 aliphatic rings. The summed E-state index contributed by atoms with van der Waals surface area (Å²) in [6.45, 7) is 7.79. The van der Waals surface area contributed by atoms with Crippen LogP contribution in [-0.2, 0) is 10.2 Å². The smallest absolute Gasteiger partial charge is 0.255 e. The Morgan fingerprint density at radius 2 is 1.58 bits per heavy atom. The van der Waals surface area contributed by atoms with E-state index in [-0.39, 0.29) is 17.2 Å². The maximum absolute atomic E-state index is 12.3. The average molecular weight is 345 g/mol. The molecule has 0 radical (unpaired) electrons. The number of anilines is 2. The Labute approximate surface area is 147 Å². The van der Waals surface area contributed by atoms with Crippen molar-refractivity contribution in [3.63, 3.8) is 0 Å². The standard InChI is InChI=1S/C19H21ClN2O2/c1-12(23)21-17-10-9-15(11-16(17)20)22-18(24)13-5-7-14(8-6-13)19(2,3)4/h5-11H,1-4H3,(H,21,23)(H,22,24). The topological polar surface area (TPSA) is 58.2 Å². The number of nitrogens with one attached hydrogen (secondary N) is 2. The van der Waals surface area contributed by atoms with E-state index in [9.17, 15) is 9.59 Å². The van der Waals surface area contributed by atoms with Gasteiger partial charge in [0.25, 0.3) is 5.91 Å². The lowest BCUT2D eigenvalue weighted by molar-refractivity contribution is -0.114. The van der Waals surface area contributed by atoms with Crippen LogP contribution in [-0.4, -0.2) is 11.8 Å². The van der Waals surface area contributed by atoms with E-state index in [1.165, 1.54) is 12.5 Å². The minimum absolute atomic E-state index is 0.0437. The largest absolute Gasteiger partial charge is 0.325 e. The summed E-state index contributed by atoms with van der Waals surface area (Å²) in [5.41, 5.74) is 2.87. The summed E-state index contributed by atoms with van der Waals surface area (Å²) in [6, 6.07) is 12.5. The second-order valence-corrected chi connectivity index (χ2v) is 7.06. The zero-order chi connectivity index (χ0) is 17.9. The van der Waals surface area contributed by atoms with Gasteiger partial charge in [-0.05, 0) is 41.3 Å². The number of hydrogen-bond acceptors (Lipinski definition) is 2. The van der Waals surface area contributed by atoms with Gasteiger partial charge in [-0.1, -0.05) is 44.5 Å². The maximum atomic E-state index is 12.3. The molecule has 0 spiro atoms. The Morgan fingerprint density at radius 1 is 0.958 bits per heavy atom. The second kappa shape index (κ2) is 7.05. The molecule has 0 fully saturated rings. The minimum atomic E-state index is -0.209. The summed E-state index contributed by atoms with van der Waals surface area (Å²) >= 11 is 6.11. The minimum Gasteiger partial charge on any atom is -0.325 e. The van der Waals surface area contributed by atoms with Gasteiger partial charge in [0.05, 0.1) is 10.7 Å². The normalized spacial score (nSPS) is 11.0. The zero-order valence-corrected chi connectivity index (χ0v) is 15.0. The molecule has 5 heteroatoms. The Kier molecular flexibility index (Phi) is 5.30. The molecule has 0 atom stereocenters. The second-order valence-electron chi connectivity index (χ2n) is 6.66. The first-order chi connectivity index (χ1) is 11.2. The highest BCUT2D eigenvalue weighted by atomic mass is 35.5. The fourth-order valence-electron chi connectivity index (χ4n) is 2.21. The first-order valence-electron chi connectivity index (χ1n) is 7.66. The molecule has 0 saturated carbocycles. The molecule has 0 heterocycles. The van der Waals surface area contributed by atoms with Crippen LogP contribution in [0.25, 0.3) is 0 Å². The molecular weight excluding hydrogens is 324 g/mol. The molecule has 0 unspecified atom stereocenters. The maximum Gasteiger partial charge on any atom is 0.255 e. The van der Waals surface area contributed by atoms with Crippen LogP contribution in [0.15, 0.2) is 42.5 Å². The molecule has 24 heavy (non-hydrogen) atoms. The van der Waals surface area contributed by atoms with Crippen LogP contribution in [0, 0.1) is 0 Å². The summed E-state index contributed by atoms with van der Waals surface area (Å²) < 4.78 is 0. The van der Waals surface area contributed by atoms with Gasteiger partial charge in [-0.3, -0.25) is 9.59 Å². The Hall–Kier alpha value is -2.33. The van der Waals surface area contributed by atoms with Crippen molar-refractivity contribution in [2.75, 3.05) is 10.6 Å². The van der Waals surface area contributed by atoms with Gasteiger partial charge in [-0.2, -0.15) is 0 Å². The van der Waals surface area contributed by atoms with Crippen LogP contribution in [0.4, 0.5) is 11.4 Å². The van der Waals surface area contributed by atoms with E-state index in [2.05, 4.69) is 31.4 Å². The van der Waals surface area contributed by atoms with Crippen molar-refractivity contribution in [3.8, 4) is 0 Å². The predicted octanol–water partition coefficient (Wildman–Crippen LogP) is 4.85. The van der Waals surface area contributed by atoms with E-state index in [4.69, 9.17) is 11.6 Å². The predicted molar refractivity (Wildman–Crippen MR) is 98.9 cm³/mol. The SMILES string of the molecule is CC(=O)Nc1ccc(NC(=O)c2ccc(C(C)(C)C)cc2)cc1Cl. The molecule has 2 rings (SSSR count). The van der Waals surface area contributed by atoms with Crippen molar-refractivity contribution in [1.82, 2.24) is 0 Å². The van der Waals surface area contributed by atoms with Crippen LogP contribution in [0.2, 0.25) is 5.02 Å². The highest BCUT2D eigenvalue weighted by Gasteiger charge is 2.14. The monoisotopic (exact) mass is 344 g/mol. The number of amides is 2. The zero-order valence-electron chi connectivity index (χ0n) is 14.2. The number of carbonyl (C=O) groups is 2. The van der Waals surface area contributed by atoms with Gasteiger partial charge >= 0.3 is 0 Å². The van der Waals surface area contributed by atoms with Gasteiger partial charge in [0.15, 0.2) is 0 Å².